The Morgan fingerprint density at radius 2 is 2.13 bits per heavy atom. The lowest BCUT2D eigenvalue weighted by Gasteiger charge is -2.57. The molecule has 0 aromatic rings. The number of hydrogen-bond donors (Lipinski definition) is 1. The summed E-state index contributed by atoms with van der Waals surface area (Å²) >= 11 is 0. The molecule has 4 saturated carbocycles. The summed E-state index contributed by atoms with van der Waals surface area (Å²) in [6.45, 7) is 1.51. The van der Waals surface area contributed by atoms with Crippen LogP contribution >= 0.6 is 0 Å². The van der Waals surface area contributed by atoms with E-state index in [1.807, 2.05) is 0 Å². The summed E-state index contributed by atoms with van der Waals surface area (Å²) in [4.78, 5) is 23.9. The van der Waals surface area contributed by atoms with E-state index in [-0.39, 0.29) is 17.5 Å². The van der Waals surface area contributed by atoms with Gasteiger partial charge in [-0.15, -0.1) is 0 Å². The topological polar surface area (TPSA) is 54.4 Å². The first-order valence-electron chi connectivity index (χ1n) is 5.73. The summed E-state index contributed by atoms with van der Waals surface area (Å²) in [7, 11) is 0. The number of Topliss-reactive ketones (excluding diaryl/α,β-unsaturated/α-hetero) is 2. The van der Waals surface area contributed by atoms with Crippen LogP contribution in [0.5, 0.6) is 0 Å². The SMILES string of the molecule is CC(=O)C12CC3CC(CC(O)(C3)C1)C2=O. The zero-order valence-corrected chi connectivity index (χ0v) is 8.95. The second-order valence-corrected chi connectivity index (χ2v) is 5.81. The number of ketones is 2. The van der Waals surface area contributed by atoms with Gasteiger partial charge in [-0.3, -0.25) is 9.59 Å². The fourth-order valence-corrected chi connectivity index (χ4v) is 4.29. The Labute approximate surface area is 88.9 Å². The molecular weight excluding hydrogens is 192 g/mol. The molecule has 1 N–H and O–H groups in total. The van der Waals surface area contributed by atoms with Gasteiger partial charge >= 0.3 is 0 Å². The van der Waals surface area contributed by atoms with Crippen LogP contribution in [0.2, 0.25) is 0 Å². The van der Waals surface area contributed by atoms with Crippen molar-refractivity contribution in [3.8, 4) is 0 Å². The molecule has 4 unspecified atom stereocenters. The molecule has 0 heterocycles. The number of carbonyl (C=O) groups excluding carboxylic acids is 2. The Hall–Kier alpha value is -0.700. The maximum absolute atomic E-state index is 12.1. The van der Waals surface area contributed by atoms with Crippen LogP contribution in [-0.4, -0.2) is 22.3 Å². The van der Waals surface area contributed by atoms with E-state index in [1.54, 1.807) is 0 Å². The third-order valence-corrected chi connectivity index (χ3v) is 4.70. The molecule has 0 aromatic carbocycles. The zero-order chi connectivity index (χ0) is 10.8. The molecule has 0 saturated heterocycles. The first kappa shape index (κ1) is 9.52. The highest BCUT2D eigenvalue weighted by Crippen LogP contribution is 2.59. The van der Waals surface area contributed by atoms with Crippen LogP contribution in [0.1, 0.15) is 39.0 Å². The van der Waals surface area contributed by atoms with Gasteiger partial charge < -0.3 is 5.11 Å². The van der Waals surface area contributed by atoms with Crippen molar-refractivity contribution in [2.45, 2.75) is 44.6 Å². The van der Waals surface area contributed by atoms with Crippen molar-refractivity contribution in [3.63, 3.8) is 0 Å². The van der Waals surface area contributed by atoms with E-state index in [1.165, 1.54) is 6.92 Å². The van der Waals surface area contributed by atoms with Gasteiger partial charge in [0, 0.05) is 5.92 Å². The van der Waals surface area contributed by atoms with Crippen LogP contribution in [-0.2, 0) is 9.59 Å². The Bertz CT molecular complexity index is 362. The maximum Gasteiger partial charge on any atom is 0.149 e. The van der Waals surface area contributed by atoms with E-state index < -0.39 is 11.0 Å². The average Bonchev–Trinajstić information content (AvgIpc) is 2.10. The second kappa shape index (κ2) is 2.51. The van der Waals surface area contributed by atoms with Gasteiger partial charge in [0.05, 0.1) is 11.0 Å². The van der Waals surface area contributed by atoms with Crippen molar-refractivity contribution in [1.29, 1.82) is 0 Å². The van der Waals surface area contributed by atoms with Gasteiger partial charge in [0.15, 0.2) is 0 Å². The summed E-state index contributed by atoms with van der Waals surface area (Å²) in [5.74, 6) is 0.444. The molecule has 0 aliphatic heterocycles. The van der Waals surface area contributed by atoms with E-state index in [4.69, 9.17) is 0 Å². The molecule has 15 heavy (non-hydrogen) atoms. The lowest BCUT2D eigenvalue weighted by Crippen LogP contribution is -2.63. The predicted octanol–water partition coefficient (Wildman–Crippen LogP) is 1.09. The van der Waals surface area contributed by atoms with Crippen molar-refractivity contribution in [1.82, 2.24) is 0 Å². The fourth-order valence-electron chi connectivity index (χ4n) is 4.29. The number of aliphatic hydroxyl groups is 1. The number of rotatable bonds is 1. The van der Waals surface area contributed by atoms with Crippen molar-refractivity contribution in [2.24, 2.45) is 17.3 Å². The van der Waals surface area contributed by atoms with Crippen LogP contribution in [0.3, 0.4) is 0 Å². The molecule has 4 aliphatic carbocycles. The first-order valence-corrected chi connectivity index (χ1v) is 5.73. The fraction of sp³-hybridized carbons (Fsp3) is 0.833. The Morgan fingerprint density at radius 1 is 1.40 bits per heavy atom. The smallest absolute Gasteiger partial charge is 0.149 e. The molecule has 0 spiro atoms. The lowest BCUT2D eigenvalue weighted by atomic mass is 9.46. The molecule has 0 radical (unpaired) electrons. The monoisotopic (exact) mass is 208 g/mol. The minimum Gasteiger partial charge on any atom is -0.390 e. The van der Waals surface area contributed by atoms with Crippen molar-refractivity contribution >= 4 is 11.6 Å². The first-order chi connectivity index (χ1) is 6.95. The lowest BCUT2D eigenvalue weighted by molar-refractivity contribution is -0.183. The van der Waals surface area contributed by atoms with Crippen LogP contribution in [0.25, 0.3) is 0 Å². The maximum atomic E-state index is 12.1. The van der Waals surface area contributed by atoms with Gasteiger partial charge in [-0.1, -0.05) is 0 Å². The zero-order valence-electron chi connectivity index (χ0n) is 8.95. The summed E-state index contributed by atoms with van der Waals surface area (Å²) < 4.78 is 0. The van der Waals surface area contributed by atoms with E-state index in [0.717, 1.165) is 12.8 Å². The van der Waals surface area contributed by atoms with Gasteiger partial charge in [-0.25, -0.2) is 0 Å². The number of carbonyl (C=O) groups is 2. The van der Waals surface area contributed by atoms with Gasteiger partial charge in [-0.2, -0.15) is 0 Å². The highest BCUT2D eigenvalue weighted by molar-refractivity contribution is 6.08. The quantitative estimate of drug-likeness (QED) is 0.656. The van der Waals surface area contributed by atoms with Gasteiger partial charge in [0.1, 0.15) is 11.6 Å². The van der Waals surface area contributed by atoms with Crippen LogP contribution in [0.4, 0.5) is 0 Å². The Balaban J connectivity index is 2.09. The van der Waals surface area contributed by atoms with E-state index >= 15 is 0 Å². The van der Waals surface area contributed by atoms with Gasteiger partial charge in [0.2, 0.25) is 0 Å². The normalized spacial score (nSPS) is 52.3. The average molecular weight is 208 g/mol. The predicted molar refractivity (Wildman–Crippen MR) is 53.1 cm³/mol. The molecule has 4 fully saturated rings. The highest BCUT2D eigenvalue weighted by atomic mass is 16.3. The van der Waals surface area contributed by atoms with Gasteiger partial charge in [0.25, 0.3) is 0 Å². The largest absolute Gasteiger partial charge is 0.390 e. The summed E-state index contributed by atoms with van der Waals surface area (Å²) in [6.07, 6.45) is 3.38. The summed E-state index contributed by atoms with van der Waals surface area (Å²) in [5.41, 5.74) is -1.52. The third-order valence-electron chi connectivity index (χ3n) is 4.70. The van der Waals surface area contributed by atoms with Gasteiger partial charge in [-0.05, 0) is 44.9 Å². The second-order valence-electron chi connectivity index (χ2n) is 5.81. The minimum absolute atomic E-state index is 0.0278. The van der Waals surface area contributed by atoms with Crippen LogP contribution in [0, 0.1) is 17.3 Å². The molecule has 4 aliphatic rings. The summed E-state index contributed by atoms with van der Waals surface area (Å²) in [5, 5.41) is 10.3. The molecular formula is C12H16O3. The standard InChI is InChI=1S/C12H16O3/c1-7(13)12-4-8-2-9(10(12)14)5-11(15,3-8)6-12/h8-9,15H,2-6H2,1H3. The van der Waals surface area contributed by atoms with Crippen LogP contribution in [0.15, 0.2) is 0 Å². The molecule has 3 nitrogen and oxygen atoms in total. The summed E-state index contributed by atoms with van der Waals surface area (Å²) in [6, 6.07) is 0. The minimum atomic E-state index is -0.807. The molecule has 82 valence electrons. The Morgan fingerprint density at radius 3 is 2.73 bits per heavy atom. The third kappa shape index (κ3) is 1.05. The molecule has 4 rings (SSSR count). The molecule has 3 heteroatoms. The highest BCUT2D eigenvalue weighted by Gasteiger charge is 2.63. The van der Waals surface area contributed by atoms with Crippen molar-refractivity contribution < 1.29 is 14.7 Å². The molecule has 4 atom stereocenters. The Kier molecular flexibility index (Phi) is 1.59. The number of hydrogen-bond acceptors (Lipinski definition) is 3. The molecule has 0 amide bonds. The van der Waals surface area contributed by atoms with E-state index in [9.17, 15) is 14.7 Å². The van der Waals surface area contributed by atoms with Crippen molar-refractivity contribution in [3.05, 3.63) is 0 Å². The molecule has 0 aromatic heterocycles. The van der Waals surface area contributed by atoms with E-state index in [0.29, 0.717) is 25.2 Å². The van der Waals surface area contributed by atoms with E-state index in [2.05, 4.69) is 0 Å². The molecule has 4 bridgehead atoms. The van der Waals surface area contributed by atoms with Crippen molar-refractivity contribution in [2.75, 3.05) is 0 Å². The van der Waals surface area contributed by atoms with Crippen LogP contribution < -0.4 is 0 Å².